The monoisotopic (exact) mass is 367 g/mol. The van der Waals surface area contributed by atoms with Gasteiger partial charge in [0.2, 0.25) is 10.0 Å². The van der Waals surface area contributed by atoms with Gasteiger partial charge < -0.3 is 9.66 Å². The largest absolute Gasteiger partial charge is 0.480 e. The maximum Gasteiger partial charge on any atom is 0.322 e. The molecular weight excluding hydrogens is 346 g/mol. The predicted molar refractivity (Wildman–Crippen MR) is 82.5 cm³/mol. The first kappa shape index (κ1) is 18.5. The van der Waals surface area contributed by atoms with E-state index in [9.17, 15) is 22.2 Å². The second-order valence-electron chi connectivity index (χ2n) is 6.92. The number of Topliss-reactive ketones (excluding diaryl/α,β-unsaturated/α-hetero) is 1. The van der Waals surface area contributed by atoms with Crippen LogP contribution in [0.15, 0.2) is 0 Å². The molecule has 8 nitrogen and oxygen atoms in total. The average molecular weight is 367 g/mol. The number of hydrogen-bond acceptors (Lipinski definition) is 5. The lowest BCUT2D eigenvalue weighted by molar-refractivity contribution is -0.138. The van der Waals surface area contributed by atoms with E-state index in [4.69, 9.17) is 9.66 Å². The molecule has 3 N–H and O–H groups in total. The van der Waals surface area contributed by atoms with Gasteiger partial charge in [-0.15, -0.1) is 0 Å². The fourth-order valence-corrected chi connectivity index (χ4v) is 6.63. The van der Waals surface area contributed by atoms with Crippen molar-refractivity contribution >= 4 is 32.9 Å². The highest BCUT2D eigenvalue weighted by Crippen LogP contribution is 2.64. The van der Waals surface area contributed by atoms with Gasteiger partial charge >= 0.3 is 5.97 Å². The van der Waals surface area contributed by atoms with E-state index in [1.54, 1.807) is 0 Å². The molecule has 10 heteroatoms. The Kier molecular flexibility index (Phi) is 4.75. The standard InChI is InChI=1S/C13H21NO7S2/c1-12(2)8-3-4-13(12,10(15)5-8)7-23(20,21)14-9(11(16)17)6-22(18)19/h8-9,14H,3-7H2,1-2H3,(H,16,17)(H,18,19)/t8?,9-,13+/m0/s1. The van der Waals surface area contributed by atoms with Gasteiger partial charge in [0.15, 0.2) is 11.1 Å². The molecule has 0 heterocycles. The molecule has 2 bridgehead atoms. The van der Waals surface area contributed by atoms with Gasteiger partial charge in [0.1, 0.15) is 11.8 Å². The molecule has 2 rings (SSSR count). The molecule has 0 aromatic heterocycles. The quantitative estimate of drug-likeness (QED) is 0.537. The molecule has 0 spiro atoms. The molecule has 2 unspecified atom stereocenters. The van der Waals surface area contributed by atoms with Gasteiger partial charge in [-0.3, -0.25) is 9.59 Å². The summed E-state index contributed by atoms with van der Waals surface area (Å²) in [5.74, 6) is -2.71. The van der Waals surface area contributed by atoms with Crippen LogP contribution in [0.3, 0.4) is 0 Å². The summed E-state index contributed by atoms with van der Waals surface area (Å²) < 4.78 is 46.3. The Hall–Kier alpha value is -0.840. The molecule has 2 aliphatic rings. The number of carbonyl (C=O) groups excluding carboxylic acids is 1. The highest BCUT2D eigenvalue weighted by molar-refractivity contribution is 7.89. The van der Waals surface area contributed by atoms with E-state index >= 15 is 0 Å². The molecule has 0 aromatic carbocycles. The van der Waals surface area contributed by atoms with Gasteiger partial charge in [-0.2, -0.15) is 4.72 Å². The van der Waals surface area contributed by atoms with Crippen LogP contribution in [0.1, 0.15) is 33.1 Å². The van der Waals surface area contributed by atoms with Gasteiger partial charge in [0.05, 0.1) is 11.5 Å². The zero-order valence-corrected chi connectivity index (χ0v) is 14.6. The second kappa shape index (κ2) is 5.91. The molecule has 2 fully saturated rings. The zero-order valence-electron chi connectivity index (χ0n) is 12.9. The number of fused-ring (bicyclic) bond motifs is 2. The smallest absolute Gasteiger partial charge is 0.322 e. The Morgan fingerprint density at radius 1 is 1.48 bits per heavy atom. The molecule has 0 amide bonds. The van der Waals surface area contributed by atoms with E-state index < -0.39 is 55.5 Å². The lowest BCUT2D eigenvalue weighted by Crippen LogP contribution is -2.50. The first-order valence-corrected chi connectivity index (χ1v) is 10.2. The number of carboxylic acid groups (broad SMARTS) is 1. The summed E-state index contributed by atoms with van der Waals surface area (Å²) in [7, 11) is -4.10. The van der Waals surface area contributed by atoms with Crippen molar-refractivity contribution in [2.45, 2.75) is 39.2 Å². The Labute approximate surface area is 137 Å². The van der Waals surface area contributed by atoms with Crippen molar-refractivity contribution in [3.05, 3.63) is 0 Å². The van der Waals surface area contributed by atoms with Crippen molar-refractivity contribution in [2.75, 3.05) is 11.5 Å². The van der Waals surface area contributed by atoms with Gasteiger partial charge in [-0.25, -0.2) is 12.6 Å². The lowest BCUT2D eigenvalue weighted by Gasteiger charge is -2.36. The van der Waals surface area contributed by atoms with Crippen LogP contribution in [0, 0.1) is 16.7 Å². The van der Waals surface area contributed by atoms with Crippen LogP contribution in [0.5, 0.6) is 0 Å². The van der Waals surface area contributed by atoms with E-state index in [1.165, 1.54) is 0 Å². The fraction of sp³-hybridized carbons (Fsp3) is 0.846. The molecule has 4 atom stereocenters. The average Bonchev–Trinajstić information content (AvgIpc) is 2.70. The third kappa shape index (κ3) is 3.21. The highest BCUT2D eigenvalue weighted by Gasteiger charge is 2.65. The first-order valence-electron chi connectivity index (χ1n) is 7.25. The summed E-state index contributed by atoms with van der Waals surface area (Å²) in [6.45, 7) is 3.76. The summed E-state index contributed by atoms with van der Waals surface area (Å²) in [6.07, 6.45) is 1.59. The number of ketones is 1. The number of carboxylic acids is 1. The number of rotatable bonds is 7. The van der Waals surface area contributed by atoms with Crippen molar-refractivity contribution in [2.24, 2.45) is 16.7 Å². The molecule has 0 aromatic rings. The summed E-state index contributed by atoms with van der Waals surface area (Å²) >= 11 is -2.46. The maximum absolute atomic E-state index is 12.4. The number of hydrogen-bond donors (Lipinski definition) is 3. The van der Waals surface area contributed by atoms with Crippen molar-refractivity contribution in [3.8, 4) is 0 Å². The van der Waals surface area contributed by atoms with Crippen LogP contribution >= 0.6 is 0 Å². The van der Waals surface area contributed by atoms with Crippen molar-refractivity contribution < 1.29 is 31.9 Å². The summed E-state index contributed by atoms with van der Waals surface area (Å²) in [5, 5.41) is 8.99. The minimum Gasteiger partial charge on any atom is -0.480 e. The molecule has 23 heavy (non-hydrogen) atoms. The van der Waals surface area contributed by atoms with Crippen LogP contribution in [0.25, 0.3) is 0 Å². The van der Waals surface area contributed by atoms with Gasteiger partial charge in [-0.1, -0.05) is 13.8 Å². The summed E-state index contributed by atoms with van der Waals surface area (Å²) in [5.41, 5.74) is -1.47. The molecule has 0 aliphatic heterocycles. The van der Waals surface area contributed by atoms with Crippen LogP contribution in [0.2, 0.25) is 0 Å². The number of aliphatic carboxylic acids is 1. The fourth-order valence-electron chi connectivity index (χ4n) is 3.99. The topological polar surface area (TPSA) is 138 Å². The number of carbonyl (C=O) groups is 2. The van der Waals surface area contributed by atoms with Gasteiger partial charge in [0, 0.05) is 11.8 Å². The second-order valence-corrected chi connectivity index (χ2v) is 9.65. The van der Waals surface area contributed by atoms with E-state index in [1.807, 2.05) is 18.6 Å². The number of nitrogens with one attached hydrogen (secondary N) is 1. The molecule has 0 saturated heterocycles. The number of sulfonamides is 1. The maximum atomic E-state index is 12.4. The minimum atomic E-state index is -4.10. The lowest BCUT2D eigenvalue weighted by atomic mass is 9.70. The van der Waals surface area contributed by atoms with Crippen molar-refractivity contribution in [3.63, 3.8) is 0 Å². The van der Waals surface area contributed by atoms with Crippen LogP contribution in [-0.4, -0.2) is 51.6 Å². The normalized spacial score (nSPS) is 32.0. The molecule has 2 saturated carbocycles. The Bertz CT molecular complexity index is 657. The zero-order chi connectivity index (χ0) is 17.6. The molecule has 132 valence electrons. The van der Waals surface area contributed by atoms with Gasteiger partial charge in [0.25, 0.3) is 0 Å². The summed E-state index contributed by atoms with van der Waals surface area (Å²) in [6, 6.07) is -1.70. The third-order valence-corrected chi connectivity index (χ3v) is 7.64. The minimum absolute atomic E-state index is 0.0956. The summed E-state index contributed by atoms with van der Waals surface area (Å²) in [4.78, 5) is 23.4. The first-order chi connectivity index (χ1) is 10.4. The Morgan fingerprint density at radius 3 is 2.48 bits per heavy atom. The highest BCUT2D eigenvalue weighted by atomic mass is 32.2. The van der Waals surface area contributed by atoms with E-state index in [0.29, 0.717) is 12.8 Å². The van der Waals surface area contributed by atoms with Crippen LogP contribution in [-0.2, 0) is 30.7 Å². The predicted octanol–water partition coefficient (Wildman–Crippen LogP) is -0.0239. The molecular formula is C13H21NO7S2. The van der Waals surface area contributed by atoms with Crippen LogP contribution < -0.4 is 4.72 Å². The molecule has 0 radical (unpaired) electrons. The van der Waals surface area contributed by atoms with E-state index in [0.717, 1.165) is 6.42 Å². The Morgan fingerprint density at radius 2 is 2.09 bits per heavy atom. The van der Waals surface area contributed by atoms with Gasteiger partial charge in [-0.05, 0) is 24.2 Å². The van der Waals surface area contributed by atoms with E-state index in [-0.39, 0.29) is 11.7 Å². The van der Waals surface area contributed by atoms with Crippen molar-refractivity contribution in [1.29, 1.82) is 0 Å². The Balaban J connectivity index is 2.22. The van der Waals surface area contributed by atoms with Crippen LogP contribution in [0.4, 0.5) is 0 Å². The van der Waals surface area contributed by atoms with E-state index in [2.05, 4.69) is 0 Å². The third-order valence-electron chi connectivity index (χ3n) is 5.50. The molecule has 2 aliphatic carbocycles. The SMILES string of the molecule is CC1(C)C2CC[C@@]1(CS(=O)(=O)N[C@@H](CS(=O)O)C(=O)O)C(=O)C2. The van der Waals surface area contributed by atoms with Crippen molar-refractivity contribution in [1.82, 2.24) is 4.72 Å².